The topological polar surface area (TPSA) is 30.5 Å². The van der Waals surface area contributed by atoms with Crippen molar-refractivity contribution in [1.82, 2.24) is 5.32 Å². The Bertz CT molecular complexity index is 636. The number of hydrogen-bond donors (Lipinski definition) is 1. The minimum atomic E-state index is 0.0270. The molecule has 0 spiro atoms. The molecule has 0 aliphatic rings. The van der Waals surface area contributed by atoms with Gasteiger partial charge >= 0.3 is 0 Å². The molecule has 4 heteroatoms. The Morgan fingerprint density at radius 3 is 2.35 bits per heavy atom. The van der Waals surface area contributed by atoms with Crippen LogP contribution in [0.2, 0.25) is 0 Å². The van der Waals surface area contributed by atoms with Gasteiger partial charge in [0.1, 0.15) is 6.61 Å². The van der Waals surface area contributed by atoms with Crippen molar-refractivity contribution >= 4 is 15.9 Å². The van der Waals surface area contributed by atoms with E-state index in [4.69, 9.17) is 9.47 Å². The molecule has 0 aliphatic heterocycles. The third-order valence-electron chi connectivity index (χ3n) is 3.41. The zero-order valence-corrected chi connectivity index (χ0v) is 15.7. The standard InChI is InChI=1S/C19H24BrNO2/c1-19(2,3)21-12-15-16(20)10-11-17(22-4)18(15)23-13-14-8-6-5-7-9-14/h5-11,21H,12-13H2,1-4H3. The highest BCUT2D eigenvalue weighted by molar-refractivity contribution is 9.10. The van der Waals surface area contributed by atoms with Gasteiger partial charge in [0.05, 0.1) is 7.11 Å². The average molecular weight is 378 g/mol. The van der Waals surface area contributed by atoms with Gasteiger partial charge in [0.15, 0.2) is 11.5 Å². The molecule has 0 aromatic heterocycles. The van der Waals surface area contributed by atoms with Gasteiger partial charge in [-0.3, -0.25) is 0 Å². The highest BCUT2D eigenvalue weighted by Gasteiger charge is 2.17. The molecule has 0 saturated heterocycles. The summed E-state index contributed by atoms with van der Waals surface area (Å²) in [6, 6.07) is 14.0. The van der Waals surface area contributed by atoms with Gasteiger partial charge in [-0.2, -0.15) is 0 Å². The molecule has 0 aliphatic carbocycles. The fraction of sp³-hybridized carbons (Fsp3) is 0.368. The second-order valence-corrected chi connectivity index (χ2v) is 7.29. The summed E-state index contributed by atoms with van der Waals surface area (Å²) in [7, 11) is 1.67. The molecular weight excluding hydrogens is 354 g/mol. The summed E-state index contributed by atoms with van der Waals surface area (Å²) in [4.78, 5) is 0. The van der Waals surface area contributed by atoms with E-state index in [0.717, 1.165) is 27.1 Å². The van der Waals surface area contributed by atoms with Crippen LogP contribution in [-0.2, 0) is 13.2 Å². The predicted octanol–water partition coefficient (Wildman–Crippen LogP) is 4.92. The number of benzene rings is 2. The molecule has 3 nitrogen and oxygen atoms in total. The van der Waals surface area contributed by atoms with E-state index in [0.29, 0.717) is 13.2 Å². The highest BCUT2D eigenvalue weighted by Crippen LogP contribution is 2.37. The summed E-state index contributed by atoms with van der Waals surface area (Å²) in [5.74, 6) is 1.53. The number of rotatable bonds is 6. The fourth-order valence-electron chi connectivity index (χ4n) is 2.15. The molecule has 0 saturated carbocycles. The zero-order valence-electron chi connectivity index (χ0n) is 14.2. The van der Waals surface area contributed by atoms with Crippen LogP contribution in [0.25, 0.3) is 0 Å². The minimum absolute atomic E-state index is 0.0270. The third kappa shape index (κ3) is 5.26. The van der Waals surface area contributed by atoms with Crippen molar-refractivity contribution < 1.29 is 9.47 Å². The summed E-state index contributed by atoms with van der Waals surface area (Å²) in [5, 5.41) is 3.50. The SMILES string of the molecule is COc1ccc(Br)c(CNC(C)(C)C)c1OCc1ccccc1. The first kappa shape index (κ1) is 17.8. The van der Waals surface area contributed by atoms with E-state index in [9.17, 15) is 0 Å². The van der Waals surface area contributed by atoms with E-state index >= 15 is 0 Å². The molecule has 124 valence electrons. The molecule has 0 bridgehead atoms. The second kappa shape index (κ2) is 7.84. The van der Waals surface area contributed by atoms with Gasteiger partial charge in [-0.05, 0) is 38.5 Å². The van der Waals surface area contributed by atoms with E-state index < -0.39 is 0 Å². The summed E-state index contributed by atoms with van der Waals surface area (Å²) in [6.07, 6.45) is 0. The molecule has 1 N–H and O–H groups in total. The molecule has 23 heavy (non-hydrogen) atoms. The van der Waals surface area contributed by atoms with Crippen LogP contribution in [0.15, 0.2) is 46.9 Å². The zero-order chi connectivity index (χ0) is 16.9. The lowest BCUT2D eigenvalue weighted by molar-refractivity contribution is 0.279. The summed E-state index contributed by atoms with van der Waals surface area (Å²) in [6.45, 7) is 7.64. The quantitative estimate of drug-likeness (QED) is 0.774. The van der Waals surface area contributed by atoms with Gasteiger partial charge < -0.3 is 14.8 Å². The lowest BCUT2D eigenvalue weighted by Gasteiger charge is -2.23. The van der Waals surface area contributed by atoms with Crippen molar-refractivity contribution in [3.8, 4) is 11.5 Å². The van der Waals surface area contributed by atoms with Crippen molar-refractivity contribution in [3.05, 3.63) is 58.1 Å². The van der Waals surface area contributed by atoms with Crippen LogP contribution in [0.1, 0.15) is 31.9 Å². The number of methoxy groups -OCH3 is 1. The van der Waals surface area contributed by atoms with E-state index in [1.807, 2.05) is 30.3 Å². The number of halogens is 1. The fourth-order valence-corrected chi connectivity index (χ4v) is 2.60. The Morgan fingerprint density at radius 1 is 1.04 bits per heavy atom. The minimum Gasteiger partial charge on any atom is -0.493 e. The molecule has 0 radical (unpaired) electrons. The normalized spacial score (nSPS) is 11.3. The van der Waals surface area contributed by atoms with E-state index in [-0.39, 0.29) is 5.54 Å². The number of hydrogen-bond acceptors (Lipinski definition) is 3. The van der Waals surface area contributed by atoms with E-state index in [2.05, 4.69) is 54.2 Å². The van der Waals surface area contributed by atoms with E-state index in [1.54, 1.807) is 7.11 Å². The maximum atomic E-state index is 6.10. The van der Waals surface area contributed by atoms with Gasteiger partial charge in [-0.15, -0.1) is 0 Å². The third-order valence-corrected chi connectivity index (χ3v) is 4.15. The van der Waals surface area contributed by atoms with Crippen molar-refractivity contribution in [2.45, 2.75) is 39.5 Å². The van der Waals surface area contributed by atoms with E-state index in [1.165, 1.54) is 0 Å². The van der Waals surface area contributed by atoms with Gasteiger partial charge in [-0.1, -0.05) is 46.3 Å². The van der Waals surface area contributed by atoms with Crippen LogP contribution in [0.3, 0.4) is 0 Å². The molecule has 0 heterocycles. The maximum absolute atomic E-state index is 6.10. The molecule has 0 amide bonds. The predicted molar refractivity (Wildman–Crippen MR) is 98.1 cm³/mol. The maximum Gasteiger partial charge on any atom is 0.167 e. The first-order chi connectivity index (χ1) is 10.9. The van der Waals surface area contributed by atoms with Crippen molar-refractivity contribution in [2.75, 3.05) is 7.11 Å². The van der Waals surface area contributed by atoms with Crippen LogP contribution in [0.5, 0.6) is 11.5 Å². The van der Waals surface area contributed by atoms with Crippen LogP contribution < -0.4 is 14.8 Å². The first-order valence-corrected chi connectivity index (χ1v) is 8.47. The second-order valence-electron chi connectivity index (χ2n) is 6.44. The van der Waals surface area contributed by atoms with Gasteiger partial charge in [0.2, 0.25) is 0 Å². The molecule has 0 fully saturated rings. The summed E-state index contributed by atoms with van der Waals surface area (Å²) >= 11 is 3.63. The number of ether oxygens (including phenoxy) is 2. The van der Waals surface area contributed by atoms with Gasteiger partial charge in [0, 0.05) is 22.1 Å². The van der Waals surface area contributed by atoms with Crippen LogP contribution in [0.4, 0.5) is 0 Å². The van der Waals surface area contributed by atoms with Crippen LogP contribution in [0, 0.1) is 0 Å². The Kier molecular flexibility index (Phi) is 6.08. The highest BCUT2D eigenvalue weighted by atomic mass is 79.9. The first-order valence-electron chi connectivity index (χ1n) is 7.68. The van der Waals surface area contributed by atoms with Crippen LogP contribution >= 0.6 is 15.9 Å². The summed E-state index contributed by atoms with van der Waals surface area (Å²) in [5.41, 5.74) is 2.22. The van der Waals surface area contributed by atoms with Crippen molar-refractivity contribution in [2.24, 2.45) is 0 Å². The van der Waals surface area contributed by atoms with Gasteiger partial charge in [0.25, 0.3) is 0 Å². The Labute approximate surface area is 147 Å². The summed E-state index contributed by atoms with van der Waals surface area (Å²) < 4.78 is 12.6. The van der Waals surface area contributed by atoms with Crippen molar-refractivity contribution in [1.29, 1.82) is 0 Å². The Hall–Kier alpha value is -1.52. The molecule has 2 aromatic rings. The lowest BCUT2D eigenvalue weighted by Crippen LogP contribution is -2.35. The lowest BCUT2D eigenvalue weighted by atomic mass is 10.1. The van der Waals surface area contributed by atoms with Crippen molar-refractivity contribution in [3.63, 3.8) is 0 Å². The monoisotopic (exact) mass is 377 g/mol. The Balaban J connectivity index is 2.25. The molecule has 0 atom stereocenters. The molecule has 2 rings (SSSR count). The van der Waals surface area contributed by atoms with Gasteiger partial charge in [-0.25, -0.2) is 0 Å². The largest absolute Gasteiger partial charge is 0.493 e. The van der Waals surface area contributed by atoms with Crippen LogP contribution in [-0.4, -0.2) is 12.6 Å². The molecular formula is C19H24BrNO2. The number of nitrogens with one attached hydrogen (secondary N) is 1. The average Bonchev–Trinajstić information content (AvgIpc) is 2.52. The molecule has 2 aromatic carbocycles. The molecule has 0 unspecified atom stereocenters. The Morgan fingerprint density at radius 2 is 1.74 bits per heavy atom. The smallest absolute Gasteiger partial charge is 0.167 e.